The van der Waals surface area contributed by atoms with Crippen molar-refractivity contribution in [2.24, 2.45) is 0 Å². The van der Waals surface area contributed by atoms with Crippen LogP contribution in [0.3, 0.4) is 0 Å². The molecule has 10 rings (SSSR count). The van der Waals surface area contributed by atoms with E-state index < -0.39 is 0 Å². The maximum atomic E-state index is 6.16. The van der Waals surface area contributed by atoms with Crippen molar-refractivity contribution in [3.63, 3.8) is 0 Å². The van der Waals surface area contributed by atoms with Gasteiger partial charge in [0.25, 0.3) is 0 Å². The lowest BCUT2D eigenvalue weighted by molar-refractivity contribution is 0.669. The van der Waals surface area contributed by atoms with E-state index in [9.17, 15) is 0 Å². The van der Waals surface area contributed by atoms with Crippen molar-refractivity contribution >= 4 is 54.3 Å². The van der Waals surface area contributed by atoms with Crippen LogP contribution in [-0.4, -0.2) is 15.0 Å². The summed E-state index contributed by atoms with van der Waals surface area (Å²) in [5.41, 5.74) is 6.87. The SMILES string of the molecule is c1ccc(-c2ccc(-c3nc(-c4ccc5oc6ccccc6c5c4)nc(-c4cccc5ccc6ccccc6c45)n3)c3ccccc23)cc1. The Morgan fingerprint density at radius 2 is 0.939 bits per heavy atom. The molecule has 4 heteroatoms. The van der Waals surface area contributed by atoms with Crippen LogP contribution in [0.4, 0.5) is 0 Å². The van der Waals surface area contributed by atoms with Gasteiger partial charge < -0.3 is 4.42 Å². The minimum absolute atomic E-state index is 0.612. The van der Waals surface area contributed by atoms with Crippen molar-refractivity contribution in [1.29, 1.82) is 0 Å². The topological polar surface area (TPSA) is 51.8 Å². The first-order chi connectivity index (χ1) is 24.3. The van der Waals surface area contributed by atoms with E-state index in [0.29, 0.717) is 17.5 Å². The summed E-state index contributed by atoms with van der Waals surface area (Å²) in [5, 5.41) is 8.96. The quantitative estimate of drug-likeness (QED) is 0.183. The number of nitrogens with zero attached hydrogens (tertiary/aromatic N) is 3. The van der Waals surface area contributed by atoms with Crippen LogP contribution in [0.15, 0.2) is 168 Å². The van der Waals surface area contributed by atoms with Crippen molar-refractivity contribution in [2.75, 3.05) is 0 Å². The van der Waals surface area contributed by atoms with Crippen LogP contribution in [0.25, 0.3) is 99.5 Å². The van der Waals surface area contributed by atoms with Gasteiger partial charge in [-0.15, -0.1) is 0 Å². The Balaban J connectivity index is 1.26. The van der Waals surface area contributed by atoms with Gasteiger partial charge in [0.2, 0.25) is 0 Å². The molecule has 0 amide bonds. The van der Waals surface area contributed by atoms with Gasteiger partial charge in [-0.1, -0.05) is 133 Å². The Bertz CT molecular complexity index is 2890. The summed E-state index contributed by atoms with van der Waals surface area (Å²) >= 11 is 0. The zero-order valence-corrected chi connectivity index (χ0v) is 26.3. The standard InChI is InChI=1S/C45H27N3O/c1-2-11-28(12-3-1)32-24-25-37(35-17-7-6-16-34(32)35)44-46-43(31-23-26-41-39(27-31)36-18-8-9-20-40(36)49-41)47-45(48-44)38-19-10-14-30-22-21-29-13-4-5-15-33(29)42(30)38/h1-27H. The summed E-state index contributed by atoms with van der Waals surface area (Å²) in [6.45, 7) is 0. The molecule has 0 saturated carbocycles. The number of rotatable bonds is 4. The van der Waals surface area contributed by atoms with E-state index in [0.717, 1.165) is 60.2 Å². The molecular formula is C45H27N3O. The first-order valence-corrected chi connectivity index (χ1v) is 16.4. The molecule has 49 heavy (non-hydrogen) atoms. The maximum absolute atomic E-state index is 6.16. The highest BCUT2D eigenvalue weighted by atomic mass is 16.3. The van der Waals surface area contributed by atoms with E-state index in [1.54, 1.807) is 0 Å². The van der Waals surface area contributed by atoms with E-state index in [1.807, 2.05) is 36.4 Å². The van der Waals surface area contributed by atoms with Gasteiger partial charge in [-0.05, 0) is 68.4 Å². The van der Waals surface area contributed by atoms with Crippen LogP contribution >= 0.6 is 0 Å². The zero-order chi connectivity index (χ0) is 32.3. The second-order valence-corrected chi connectivity index (χ2v) is 12.4. The molecule has 0 fully saturated rings. The molecule has 8 aromatic carbocycles. The minimum atomic E-state index is 0.612. The smallest absolute Gasteiger partial charge is 0.164 e. The number of hydrogen-bond acceptors (Lipinski definition) is 4. The second-order valence-electron chi connectivity index (χ2n) is 12.4. The molecule has 0 aliphatic carbocycles. The predicted molar refractivity (Wildman–Crippen MR) is 201 cm³/mol. The predicted octanol–water partition coefficient (Wildman–Crippen LogP) is 11.9. The van der Waals surface area contributed by atoms with E-state index in [1.165, 1.54) is 21.9 Å². The van der Waals surface area contributed by atoms with Crippen LogP contribution in [0.2, 0.25) is 0 Å². The fourth-order valence-electron chi connectivity index (χ4n) is 7.22. The van der Waals surface area contributed by atoms with Gasteiger partial charge in [-0.3, -0.25) is 0 Å². The Labute approximate surface area is 282 Å². The lowest BCUT2D eigenvalue weighted by atomic mass is 9.94. The molecule has 0 N–H and O–H groups in total. The first kappa shape index (κ1) is 27.5. The third-order valence-corrected chi connectivity index (χ3v) is 9.53. The lowest BCUT2D eigenvalue weighted by Gasteiger charge is -2.14. The molecule has 0 saturated heterocycles. The molecule has 0 spiro atoms. The normalized spacial score (nSPS) is 11.7. The van der Waals surface area contributed by atoms with E-state index in [4.69, 9.17) is 19.4 Å². The molecule has 0 radical (unpaired) electrons. The van der Waals surface area contributed by atoms with Crippen LogP contribution in [-0.2, 0) is 0 Å². The average Bonchev–Trinajstić information content (AvgIpc) is 3.55. The fraction of sp³-hybridized carbons (Fsp3) is 0. The molecule has 0 aliphatic rings. The molecule has 10 aromatic rings. The highest BCUT2D eigenvalue weighted by Crippen LogP contribution is 2.38. The van der Waals surface area contributed by atoms with Gasteiger partial charge in [0.15, 0.2) is 17.5 Å². The molecule has 0 aliphatic heterocycles. The summed E-state index contributed by atoms with van der Waals surface area (Å²) in [5.74, 6) is 1.88. The molecule has 2 heterocycles. The first-order valence-electron chi connectivity index (χ1n) is 16.4. The van der Waals surface area contributed by atoms with Gasteiger partial charge in [-0.25, -0.2) is 15.0 Å². The fourth-order valence-corrected chi connectivity index (χ4v) is 7.22. The van der Waals surface area contributed by atoms with E-state index >= 15 is 0 Å². The number of hydrogen-bond donors (Lipinski definition) is 0. The van der Waals surface area contributed by atoms with Gasteiger partial charge in [0.1, 0.15) is 11.2 Å². The number of benzene rings is 8. The van der Waals surface area contributed by atoms with E-state index in [2.05, 4.69) is 127 Å². The Kier molecular flexibility index (Phi) is 6.15. The monoisotopic (exact) mass is 625 g/mol. The maximum Gasteiger partial charge on any atom is 0.164 e. The lowest BCUT2D eigenvalue weighted by Crippen LogP contribution is -2.01. The highest BCUT2D eigenvalue weighted by Gasteiger charge is 2.19. The van der Waals surface area contributed by atoms with Gasteiger partial charge in [0, 0.05) is 32.8 Å². The van der Waals surface area contributed by atoms with Crippen molar-refractivity contribution in [2.45, 2.75) is 0 Å². The summed E-state index contributed by atoms with van der Waals surface area (Å²) in [4.78, 5) is 15.7. The molecule has 0 unspecified atom stereocenters. The number of aromatic nitrogens is 3. The largest absolute Gasteiger partial charge is 0.456 e. The van der Waals surface area contributed by atoms with Crippen molar-refractivity contribution in [3.8, 4) is 45.3 Å². The van der Waals surface area contributed by atoms with Crippen molar-refractivity contribution in [1.82, 2.24) is 15.0 Å². The van der Waals surface area contributed by atoms with Crippen LogP contribution < -0.4 is 0 Å². The molecule has 0 bridgehead atoms. The second kappa shape index (κ2) is 11.0. The van der Waals surface area contributed by atoms with Gasteiger partial charge in [-0.2, -0.15) is 0 Å². The number of fused-ring (bicyclic) bond motifs is 7. The summed E-state index contributed by atoms with van der Waals surface area (Å²) in [7, 11) is 0. The van der Waals surface area contributed by atoms with Crippen LogP contribution in [0.1, 0.15) is 0 Å². The highest BCUT2D eigenvalue weighted by molar-refractivity contribution is 6.14. The summed E-state index contributed by atoms with van der Waals surface area (Å²) in [6, 6.07) is 56.9. The Morgan fingerprint density at radius 1 is 0.327 bits per heavy atom. The van der Waals surface area contributed by atoms with Gasteiger partial charge in [0.05, 0.1) is 0 Å². The molecule has 228 valence electrons. The summed E-state index contributed by atoms with van der Waals surface area (Å²) in [6.07, 6.45) is 0. The van der Waals surface area contributed by atoms with Crippen LogP contribution in [0, 0.1) is 0 Å². The van der Waals surface area contributed by atoms with Crippen molar-refractivity contribution < 1.29 is 4.42 Å². The zero-order valence-electron chi connectivity index (χ0n) is 26.3. The molecule has 2 aromatic heterocycles. The third-order valence-electron chi connectivity index (χ3n) is 9.53. The summed E-state index contributed by atoms with van der Waals surface area (Å²) < 4.78 is 6.16. The number of furan rings is 1. The number of para-hydroxylation sites is 1. The van der Waals surface area contributed by atoms with Gasteiger partial charge >= 0.3 is 0 Å². The molecule has 4 nitrogen and oxygen atoms in total. The van der Waals surface area contributed by atoms with Crippen LogP contribution in [0.5, 0.6) is 0 Å². The van der Waals surface area contributed by atoms with E-state index in [-0.39, 0.29) is 0 Å². The third kappa shape index (κ3) is 4.49. The molecule has 0 atom stereocenters. The average molecular weight is 626 g/mol. The Morgan fingerprint density at radius 3 is 1.80 bits per heavy atom. The molecular weight excluding hydrogens is 599 g/mol. The Hall–Kier alpha value is -6.65. The van der Waals surface area contributed by atoms with Crippen molar-refractivity contribution in [3.05, 3.63) is 164 Å². The minimum Gasteiger partial charge on any atom is -0.456 e.